The summed E-state index contributed by atoms with van der Waals surface area (Å²) in [6, 6.07) is 4.88. The van der Waals surface area contributed by atoms with E-state index in [4.69, 9.17) is 0 Å². The SMILES string of the molecule is Cc1cc2c(F)ccc(C)c2nn1. The van der Waals surface area contributed by atoms with Gasteiger partial charge in [0, 0.05) is 5.39 Å². The Balaban J connectivity index is 2.92. The Labute approximate surface area is 75.4 Å². The highest BCUT2D eigenvalue weighted by molar-refractivity contribution is 5.81. The molecule has 0 aliphatic heterocycles. The first kappa shape index (κ1) is 8.10. The molecule has 2 nitrogen and oxygen atoms in total. The van der Waals surface area contributed by atoms with E-state index >= 15 is 0 Å². The molecule has 2 aromatic rings. The van der Waals surface area contributed by atoms with Gasteiger partial charge >= 0.3 is 0 Å². The molecule has 0 aliphatic rings. The molecular weight excluding hydrogens is 167 g/mol. The molecule has 2 rings (SSSR count). The van der Waals surface area contributed by atoms with Crippen molar-refractivity contribution in [3.63, 3.8) is 0 Å². The fourth-order valence-electron chi connectivity index (χ4n) is 1.33. The predicted molar refractivity (Wildman–Crippen MR) is 49.0 cm³/mol. The van der Waals surface area contributed by atoms with Crippen LogP contribution in [0.5, 0.6) is 0 Å². The van der Waals surface area contributed by atoms with E-state index in [2.05, 4.69) is 10.2 Å². The van der Waals surface area contributed by atoms with Gasteiger partial charge in [0.05, 0.1) is 11.2 Å². The molecule has 1 aromatic heterocycles. The van der Waals surface area contributed by atoms with Crippen molar-refractivity contribution in [3.05, 3.63) is 35.3 Å². The topological polar surface area (TPSA) is 25.8 Å². The van der Waals surface area contributed by atoms with Gasteiger partial charge in [-0.15, -0.1) is 5.10 Å². The summed E-state index contributed by atoms with van der Waals surface area (Å²) in [6.07, 6.45) is 0. The summed E-state index contributed by atoms with van der Waals surface area (Å²) in [5.41, 5.74) is 2.33. The maximum atomic E-state index is 13.3. The minimum Gasteiger partial charge on any atom is -0.206 e. The van der Waals surface area contributed by atoms with Crippen molar-refractivity contribution >= 4 is 10.9 Å². The average Bonchev–Trinajstić information content (AvgIpc) is 2.12. The van der Waals surface area contributed by atoms with Crippen LogP contribution in [0.15, 0.2) is 18.2 Å². The van der Waals surface area contributed by atoms with E-state index in [1.807, 2.05) is 6.92 Å². The van der Waals surface area contributed by atoms with Gasteiger partial charge in [-0.3, -0.25) is 0 Å². The Hall–Kier alpha value is -1.51. The minimum absolute atomic E-state index is 0.237. The van der Waals surface area contributed by atoms with E-state index in [1.165, 1.54) is 6.07 Å². The van der Waals surface area contributed by atoms with Crippen molar-refractivity contribution in [2.45, 2.75) is 13.8 Å². The van der Waals surface area contributed by atoms with Crippen LogP contribution in [-0.4, -0.2) is 10.2 Å². The standard InChI is InChI=1S/C10H9FN2/c1-6-3-4-9(11)8-5-7(2)12-13-10(6)8/h3-5H,1-2H3. The number of benzene rings is 1. The highest BCUT2D eigenvalue weighted by atomic mass is 19.1. The van der Waals surface area contributed by atoms with E-state index in [1.54, 1.807) is 19.1 Å². The second kappa shape index (κ2) is 2.76. The van der Waals surface area contributed by atoms with Crippen molar-refractivity contribution in [1.29, 1.82) is 0 Å². The van der Waals surface area contributed by atoms with E-state index in [0.717, 1.165) is 11.3 Å². The quantitative estimate of drug-likeness (QED) is 0.616. The molecule has 0 saturated heterocycles. The van der Waals surface area contributed by atoms with Crippen molar-refractivity contribution in [3.8, 4) is 0 Å². The van der Waals surface area contributed by atoms with Gasteiger partial charge in [0.25, 0.3) is 0 Å². The van der Waals surface area contributed by atoms with Gasteiger partial charge in [0.2, 0.25) is 0 Å². The number of hydrogen-bond donors (Lipinski definition) is 0. The second-order valence-electron chi connectivity index (χ2n) is 3.11. The van der Waals surface area contributed by atoms with Gasteiger partial charge in [-0.25, -0.2) is 4.39 Å². The summed E-state index contributed by atoms with van der Waals surface area (Å²) < 4.78 is 13.3. The van der Waals surface area contributed by atoms with E-state index in [-0.39, 0.29) is 5.82 Å². The van der Waals surface area contributed by atoms with Crippen LogP contribution in [0, 0.1) is 19.7 Å². The Bertz CT molecular complexity index is 466. The molecule has 1 aromatic carbocycles. The molecule has 13 heavy (non-hydrogen) atoms. The molecule has 0 spiro atoms. The highest BCUT2D eigenvalue weighted by Crippen LogP contribution is 2.18. The lowest BCUT2D eigenvalue weighted by Gasteiger charge is -2.01. The second-order valence-corrected chi connectivity index (χ2v) is 3.11. The molecule has 0 aliphatic carbocycles. The van der Waals surface area contributed by atoms with Gasteiger partial charge in [0.15, 0.2) is 0 Å². The molecule has 0 atom stereocenters. The van der Waals surface area contributed by atoms with Gasteiger partial charge in [-0.2, -0.15) is 5.10 Å². The van der Waals surface area contributed by atoms with Crippen molar-refractivity contribution in [2.24, 2.45) is 0 Å². The summed E-state index contributed by atoms with van der Waals surface area (Å²) in [5.74, 6) is -0.237. The Morgan fingerprint density at radius 1 is 1.15 bits per heavy atom. The largest absolute Gasteiger partial charge is 0.206 e. The van der Waals surface area contributed by atoms with Gasteiger partial charge in [0.1, 0.15) is 5.82 Å². The Morgan fingerprint density at radius 3 is 2.69 bits per heavy atom. The average molecular weight is 176 g/mol. The molecule has 3 heteroatoms. The maximum absolute atomic E-state index is 13.3. The molecular formula is C10H9FN2. The number of hydrogen-bond acceptors (Lipinski definition) is 2. The Morgan fingerprint density at radius 2 is 1.92 bits per heavy atom. The van der Waals surface area contributed by atoms with Crippen molar-refractivity contribution < 1.29 is 4.39 Å². The smallest absolute Gasteiger partial charge is 0.132 e. The lowest BCUT2D eigenvalue weighted by atomic mass is 10.1. The fraction of sp³-hybridized carbons (Fsp3) is 0.200. The third-order valence-electron chi connectivity index (χ3n) is 2.03. The molecule has 0 fully saturated rings. The molecule has 1 heterocycles. The third-order valence-corrected chi connectivity index (χ3v) is 2.03. The number of nitrogens with zero attached hydrogens (tertiary/aromatic N) is 2. The zero-order valence-corrected chi connectivity index (χ0v) is 7.50. The zero-order valence-electron chi connectivity index (χ0n) is 7.50. The number of aryl methyl sites for hydroxylation is 2. The maximum Gasteiger partial charge on any atom is 0.132 e. The summed E-state index contributed by atoms with van der Waals surface area (Å²) in [6.45, 7) is 3.69. The van der Waals surface area contributed by atoms with Crippen LogP contribution < -0.4 is 0 Å². The fourth-order valence-corrected chi connectivity index (χ4v) is 1.33. The molecule has 0 amide bonds. The van der Waals surface area contributed by atoms with Crippen molar-refractivity contribution in [2.75, 3.05) is 0 Å². The summed E-state index contributed by atoms with van der Waals surface area (Å²) in [5, 5.41) is 8.39. The van der Waals surface area contributed by atoms with E-state index in [0.29, 0.717) is 10.9 Å². The number of halogens is 1. The normalized spacial score (nSPS) is 10.7. The van der Waals surface area contributed by atoms with Crippen LogP contribution in [0.2, 0.25) is 0 Å². The van der Waals surface area contributed by atoms with Crippen LogP contribution in [0.25, 0.3) is 10.9 Å². The monoisotopic (exact) mass is 176 g/mol. The first-order valence-electron chi connectivity index (χ1n) is 4.07. The van der Waals surface area contributed by atoms with Crippen LogP contribution in [0.3, 0.4) is 0 Å². The zero-order chi connectivity index (χ0) is 9.42. The lowest BCUT2D eigenvalue weighted by Crippen LogP contribution is -1.92. The summed E-state index contributed by atoms with van der Waals surface area (Å²) >= 11 is 0. The van der Waals surface area contributed by atoms with Crippen LogP contribution in [0.1, 0.15) is 11.3 Å². The summed E-state index contributed by atoms with van der Waals surface area (Å²) in [7, 11) is 0. The van der Waals surface area contributed by atoms with Gasteiger partial charge in [-0.05, 0) is 31.5 Å². The highest BCUT2D eigenvalue weighted by Gasteiger charge is 2.04. The van der Waals surface area contributed by atoms with Crippen LogP contribution >= 0.6 is 0 Å². The number of rotatable bonds is 0. The number of aromatic nitrogens is 2. The minimum atomic E-state index is -0.237. The molecule has 0 bridgehead atoms. The Kier molecular flexibility index (Phi) is 1.72. The molecule has 0 radical (unpaired) electrons. The lowest BCUT2D eigenvalue weighted by molar-refractivity contribution is 0.638. The molecule has 0 N–H and O–H groups in total. The van der Waals surface area contributed by atoms with Crippen LogP contribution in [0.4, 0.5) is 4.39 Å². The van der Waals surface area contributed by atoms with Gasteiger partial charge in [-0.1, -0.05) is 6.07 Å². The van der Waals surface area contributed by atoms with E-state index in [9.17, 15) is 4.39 Å². The molecule has 0 saturated carbocycles. The summed E-state index contributed by atoms with van der Waals surface area (Å²) in [4.78, 5) is 0. The first-order valence-corrected chi connectivity index (χ1v) is 4.07. The first-order chi connectivity index (χ1) is 6.18. The number of fused-ring (bicyclic) bond motifs is 1. The predicted octanol–water partition coefficient (Wildman–Crippen LogP) is 2.39. The van der Waals surface area contributed by atoms with Crippen molar-refractivity contribution in [1.82, 2.24) is 10.2 Å². The van der Waals surface area contributed by atoms with Crippen LogP contribution in [-0.2, 0) is 0 Å². The van der Waals surface area contributed by atoms with E-state index < -0.39 is 0 Å². The third kappa shape index (κ3) is 1.26. The molecule has 66 valence electrons. The van der Waals surface area contributed by atoms with Gasteiger partial charge < -0.3 is 0 Å². The molecule has 0 unspecified atom stereocenters.